The first-order valence-electron chi connectivity index (χ1n) is 4.54. The van der Waals surface area contributed by atoms with Crippen LogP contribution in [-0.4, -0.2) is 17.0 Å². The van der Waals surface area contributed by atoms with Crippen LogP contribution in [0.25, 0.3) is 6.08 Å². The molecule has 1 aromatic rings. The molecule has 0 heterocycles. The van der Waals surface area contributed by atoms with Gasteiger partial charge in [0, 0.05) is 12.0 Å². The lowest BCUT2D eigenvalue weighted by molar-refractivity contribution is 0.469. The molecule has 1 aliphatic carbocycles. The number of phenolic OH excluding ortho intramolecular Hbond substituents is 1. The maximum atomic E-state index is 10.5. The molecule has 0 atom stereocenters. The molecule has 0 saturated carbocycles. The zero-order valence-corrected chi connectivity index (χ0v) is 7.91. The molecule has 1 aliphatic rings. The summed E-state index contributed by atoms with van der Waals surface area (Å²) in [6.07, 6.45) is 2.89. The maximum Gasteiger partial charge on any atom is 0.136 e. The average molecular weight is 200 g/mol. The number of benzene rings is 1. The van der Waals surface area contributed by atoms with Crippen LogP contribution in [0.4, 0.5) is 0 Å². The number of carbonyl (C=O) groups excluding carboxylic acids is 2. The molecule has 0 saturated heterocycles. The van der Waals surface area contributed by atoms with Gasteiger partial charge >= 0.3 is 0 Å². The first-order valence-corrected chi connectivity index (χ1v) is 4.54. The molecule has 0 amide bonds. The minimum Gasteiger partial charge on any atom is -0.507 e. The van der Waals surface area contributed by atoms with Gasteiger partial charge < -0.3 is 5.11 Å². The van der Waals surface area contributed by atoms with Gasteiger partial charge in [-0.15, -0.1) is 0 Å². The number of hydrogen-bond donors (Lipinski definition) is 1. The van der Waals surface area contributed by atoms with E-state index in [1.165, 1.54) is 6.07 Å². The van der Waals surface area contributed by atoms with Crippen molar-refractivity contribution in [2.24, 2.45) is 0 Å². The Morgan fingerprint density at radius 1 is 1.20 bits per heavy atom. The van der Waals surface area contributed by atoms with E-state index in [2.05, 4.69) is 0 Å². The predicted molar refractivity (Wildman–Crippen MR) is 54.1 cm³/mol. The van der Waals surface area contributed by atoms with Crippen LogP contribution >= 0.6 is 0 Å². The van der Waals surface area contributed by atoms with Gasteiger partial charge in [0.2, 0.25) is 0 Å². The van der Waals surface area contributed by atoms with E-state index in [9.17, 15) is 14.7 Å². The average Bonchev–Trinajstić information content (AvgIpc) is 2.27. The van der Waals surface area contributed by atoms with E-state index in [0.717, 1.165) is 10.8 Å². The minimum absolute atomic E-state index is 0.0708. The highest BCUT2D eigenvalue weighted by Crippen LogP contribution is 2.11. The van der Waals surface area contributed by atoms with E-state index in [0.29, 0.717) is 18.4 Å². The summed E-state index contributed by atoms with van der Waals surface area (Å²) in [6.45, 7) is 0. The van der Waals surface area contributed by atoms with Crippen LogP contribution in [0.2, 0.25) is 0 Å². The summed E-state index contributed by atoms with van der Waals surface area (Å²) in [4.78, 5) is 21.0. The second-order valence-corrected chi connectivity index (χ2v) is 3.46. The molecule has 2 rings (SSSR count). The Bertz CT molecular complexity index is 600. The van der Waals surface area contributed by atoms with Gasteiger partial charge in [-0.25, -0.2) is 9.59 Å². The molecule has 3 nitrogen and oxygen atoms in total. The van der Waals surface area contributed by atoms with Gasteiger partial charge in [-0.1, -0.05) is 6.08 Å². The first-order chi connectivity index (χ1) is 7.24. The molecule has 0 aliphatic heterocycles. The van der Waals surface area contributed by atoms with E-state index in [4.69, 9.17) is 0 Å². The monoisotopic (exact) mass is 200 g/mol. The number of hydrogen-bond acceptors (Lipinski definition) is 3. The fourth-order valence-corrected chi connectivity index (χ4v) is 1.69. The second-order valence-electron chi connectivity index (χ2n) is 3.46. The normalized spacial score (nSPS) is 13.5. The van der Waals surface area contributed by atoms with Gasteiger partial charge in [0.1, 0.15) is 22.9 Å². The Kier molecular flexibility index (Phi) is 2.26. The summed E-state index contributed by atoms with van der Waals surface area (Å²) in [7, 11) is 0. The van der Waals surface area contributed by atoms with Crippen LogP contribution in [0.1, 0.15) is 12.0 Å². The highest BCUT2D eigenvalue weighted by Gasteiger charge is 2.09. The number of fused-ring (bicyclic) bond motifs is 1. The van der Waals surface area contributed by atoms with Gasteiger partial charge in [-0.3, -0.25) is 0 Å². The Labute approximate surface area is 85.7 Å². The second kappa shape index (κ2) is 3.58. The fourth-order valence-electron chi connectivity index (χ4n) is 1.69. The highest BCUT2D eigenvalue weighted by atomic mass is 16.3. The molecule has 0 unspecified atom stereocenters. The Morgan fingerprint density at radius 3 is 2.67 bits per heavy atom. The summed E-state index contributed by atoms with van der Waals surface area (Å²) in [5.74, 6) is 3.46. The molecular weight excluding hydrogens is 192 g/mol. The minimum atomic E-state index is -0.0708. The van der Waals surface area contributed by atoms with Crippen molar-refractivity contribution in [3.63, 3.8) is 0 Å². The van der Waals surface area contributed by atoms with Gasteiger partial charge in [-0.2, -0.15) is 0 Å². The van der Waals surface area contributed by atoms with Crippen LogP contribution in [0.5, 0.6) is 5.75 Å². The molecule has 1 aromatic carbocycles. The quantitative estimate of drug-likeness (QED) is 0.568. The molecule has 0 radical (unpaired) electrons. The topological polar surface area (TPSA) is 54.4 Å². The predicted octanol–water partition coefficient (Wildman–Crippen LogP) is -0.620. The van der Waals surface area contributed by atoms with Crippen molar-refractivity contribution >= 4 is 18.0 Å². The number of aromatic hydroxyl groups is 1. The maximum absolute atomic E-state index is 10.5. The van der Waals surface area contributed by atoms with Crippen LogP contribution in [0.3, 0.4) is 0 Å². The lowest BCUT2D eigenvalue weighted by Crippen LogP contribution is -2.20. The zero-order valence-electron chi connectivity index (χ0n) is 7.91. The van der Waals surface area contributed by atoms with Gasteiger partial charge in [0.25, 0.3) is 0 Å². The van der Waals surface area contributed by atoms with Gasteiger partial charge in [-0.05, 0) is 29.3 Å². The van der Waals surface area contributed by atoms with Crippen molar-refractivity contribution in [1.29, 1.82) is 0 Å². The molecule has 74 valence electrons. The summed E-state index contributed by atoms with van der Waals surface area (Å²) < 4.78 is 0. The lowest BCUT2D eigenvalue weighted by Gasteiger charge is -2.09. The third kappa shape index (κ3) is 1.62. The molecule has 1 N–H and O–H groups in total. The lowest BCUT2D eigenvalue weighted by atomic mass is 9.95. The van der Waals surface area contributed by atoms with Crippen molar-refractivity contribution in [2.75, 3.05) is 0 Å². The molecular formula is C12H8O3. The van der Waals surface area contributed by atoms with Gasteiger partial charge in [0.05, 0.1) is 0 Å². The molecule has 0 bridgehead atoms. The Hall–Kier alpha value is -2.08. The standard InChI is InChI=1S/C12H8O3/c13-6-8-1-2-9-5-12(15)11(7-14)4-10(9)3-8/h2,4-5,15H,1,3H2. The van der Waals surface area contributed by atoms with Crippen LogP contribution in [-0.2, 0) is 16.0 Å². The van der Waals surface area contributed by atoms with Crippen LogP contribution in [0.15, 0.2) is 17.7 Å². The molecule has 0 fully saturated rings. The van der Waals surface area contributed by atoms with E-state index in [1.54, 1.807) is 12.0 Å². The Balaban J connectivity index is 2.73. The van der Waals surface area contributed by atoms with Crippen molar-refractivity contribution in [3.8, 4) is 5.75 Å². The van der Waals surface area contributed by atoms with Crippen LogP contribution < -0.4 is 10.4 Å². The summed E-state index contributed by atoms with van der Waals surface area (Å²) >= 11 is 0. The molecule has 0 spiro atoms. The van der Waals surface area contributed by atoms with Crippen molar-refractivity contribution in [2.45, 2.75) is 12.8 Å². The van der Waals surface area contributed by atoms with Crippen molar-refractivity contribution in [1.82, 2.24) is 0 Å². The SMILES string of the molecule is O=C=C1CC=c2cc(O)c(=C=O)cc2C1. The Morgan fingerprint density at radius 2 is 2.00 bits per heavy atom. The van der Waals surface area contributed by atoms with Crippen molar-refractivity contribution < 1.29 is 14.7 Å². The van der Waals surface area contributed by atoms with Gasteiger partial charge in [0.15, 0.2) is 0 Å². The third-order valence-corrected chi connectivity index (χ3v) is 2.48. The largest absolute Gasteiger partial charge is 0.507 e. The number of allylic oxidation sites excluding steroid dienone is 1. The van der Waals surface area contributed by atoms with E-state index >= 15 is 0 Å². The fraction of sp³-hybridized carbons (Fsp3) is 0.167. The first kappa shape index (κ1) is 9.47. The van der Waals surface area contributed by atoms with Crippen molar-refractivity contribution in [3.05, 3.63) is 33.7 Å². The highest BCUT2D eigenvalue weighted by molar-refractivity contribution is 5.61. The van der Waals surface area contributed by atoms with E-state index in [1.807, 2.05) is 12.0 Å². The third-order valence-electron chi connectivity index (χ3n) is 2.48. The summed E-state index contributed by atoms with van der Waals surface area (Å²) in [5, 5.41) is 10.4. The van der Waals surface area contributed by atoms with E-state index < -0.39 is 0 Å². The summed E-state index contributed by atoms with van der Waals surface area (Å²) in [6, 6.07) is 3.09. The summed E-state index contributed by atoms with van der Waals surface area (Å²) in [5.41, 5.74) is 1.51. The van der Waals surface area contributed by atoms with E-state index in [-0.39, 0.29) is 11.0 Å². The zero-order chi connectivity index (χ0) is 10.8. The molecule has 0 aromatic heterocycles. The molecule has 15 heavy (non-hydrogen) atoms. The number of phenols is 1. The molecule has 3 heteroatoms. The van der Waals surface area contributed by atoms with Crippen LogP contribution in [0, 0.1) is 0 Å². The smallest absolute Gasteiger partial charge is 0.136 e. The number of rotatable bonds is 0.